The van der Waals surface area contributed by atoms with E-state index in [1.54, 1.807) is 37.3 Å². The lowest BCUT2D eigenvalue weighted by Gasteiger charge is -2.10. The Morgan fingerprint density at radius 2 is 1.65 bits per heavy atom. The van der Waals surface area contributed by atoms with E-state index in [-0.39, 0.29) is 10.6 Å². The van der Waals surface area contributed by atoms with Gasteiger partial charge in [-0.05, 0) is 41.8 Å². The number of alkyl halides is 3. The molecule has 2 aromatic carbocycles. The summed E-state index contributed by atoms with van der Waals surface area (Å²) in [7, 11) is -3.79. The van der Waals surface area contributed by atoms with Gasteiger partial charge in [0, 0.05) is 5.56 Å². The van der Waals surface area contributed by atoms with Crippen LogP contribution in [0.3, 0.4) is 0 Å². The van der Waals surface area contributed by atoms with E-state index in [0.29, 0.717) is 11.1 Å². The van der Waals surface area contributed by atoms with Crippen molar-refractivity contribution in [3.8, 4) is 22.4 Å². The van der Waals surface area contributed by atoms with Gasteiger partial charge in [0.2, 0.25) is 10.0 Å². The predicted octanol–water partition coefficient (Wildman–Crippen LogP) is 3.72. The van der Waals surface area contributed by atoms with Crippen LogP contribution in [-0.4, -0.2) is 18.6 Å². The maximum atomic E-state index is 12.8. The van der Waals surface area contributed by atoms with Crippen LogP contribution in [0.4, 0.5) is 13.2 Å². The summed E-state index contributed by atoms with van der Waals surface area (Å²) in [6, 6.07) is 12.1. The van der Waals surface area contributed by atoms with Gasteiger partial charge < -0.3 is 0 Å². The Morgan fingerprint density at radius 1 is 1.04 bits per heavy atom. The van der Waals surface area contributed by atoms with Crippen LogP contribution in [0.15, 0.2) is 53.4 Å². The number of benzene rings is 2. The number of hydrogen-bond donors (Lipinski definition) is 2. The third-order valence-electron chi connectivity index (χ3n) is 3.99. The lowest BCUT2D eigenvalue weighted by atomic mass is 9.95. The third-order valence-corrected chi connectivity index (χ3v) is 4.92. The van der Waals surface area contributed by atoms with Crippen LogP contribution in [-0.2, 0) is 16.2 Å². The molecule has 1 aromatic heterocycles. The SMILES string of the molecule is Cc1c(-c2ccc(S(N)(=O)=O)cc2)cccc1-c1cc(C(F)(F)F)[nH]n1. The monoisotopic (exact) mass is 381 g/mol. The van der Waals surface area contributed by atoms with Crippen LogP contribution in [0.5, 0.6) is 0 Å². The maximum Gasteiger partial charge on any atom is 0.432 e. The number of nitrogens with one attached hydrogen (secondary N) is 1. The Labute approximate surface area is 147 Å². The van der Waals surface area contributed by atoms with Crippen LogP contribution < -0.4 is 5.14 Å². The third kappa shape index (κ3) is 3.49. The van der Waals surface area contributed by atoms with E-state index >= 15 is 0 Å². The largest absolute Gasteiger partial charge is 0.432 e. The molecule has 0 unspecified atom stereocenters. The predicted molar refractivity (Wildman–Crippen MR) is 90.6 cm³/mol. The van der Waals surface area contributed by atoms with Crippen molar-refractivity contribution in [3.05, 3.63) is 59.8 Å². The van der Waals surface area contributed by atoms with Gasteiger partial charge in [0.25, 0.3) is 0 Å². The molecule has 3 aromatic rings. The number of nitrogens with two attached hydrogens (primary N) is 1. The number of nitrogens with zero attached hydrogens (tertiary/aromatic N) is 1. The first-order chi connectivity index (χ1) is 12.1. The van der Waals surface area contributed by atoms with Crippen molar-refractivity contribution in [1.29, 1.82) is 0 Å². The fourth-order valence-corrected chi connectivity index (χ4v) is 3.17. The normalized spacial score (nSPS) is 12.3. The van der Waals surface area contributed by atoms with Crippen LogP contribution in [0.25, 0.3) is 22.4 Å². The maximum absolute atomic E-state index is 12.8. The molecule has 0 fully saturated rings. The van der Waals surface area contributed by atoms with Crippen molar-refractivity contribution >= 4 is 10.0 Å². The van der Waals surface area contributed by atoms with E-state index in [4.69, 9.17) is 5.14 Å². The molecule has 136 valence electrons. The van der Waals surface area contributed by atoms with E-state index in [0.717, 1.165) is 17.2 Å². The topological polar surface area (TPSA) is 88.8 Å². The second-order valence-electron chi connectivity index (χ2n) is 5.71. The van der Waals surface area contributed by atoms with E-state index < -0.39 is 21.9 Å². The summed E-state index contributed by atoms with van der Waals surface area (Å²) in [5.74, 6) is 0. The van der Waals surface area contributed by atoms with E-state index in [9.17, 15) is 21.6 Å². The zero-order valence-corrected chi connectivity index (χ0v) is 14.3. The zero-order valence-electron chi connectivity index (χ0n) is 13.5. The highest BCUT2D eigenvalue weighted by molar-refractivity contribution is 7.89. The molecule has 0 atom stereocenters. The van der Waals surface area contributed by atoms with Crippen molar-refractivity contribution in [3.63, 3.8) is 0 Å². The fraction of sp³-hybridized carbons (Fsp3) is 0.118. The Morgan fingerprint density at radius 3 is 2.19 bits per heavy atom. The van der Waals surface area contributed by atoms with Crippen LogP contribution in [0.1, 0.15) is 11.3 Å². The molecule has 0 aliphatic heterocycles. The molecule has 26 heavy (non-hydrogen) atoms. The lowest BCUT2D eigenvalue weighted by molar-refractivity contribution is -0.141. The quantitative estimate of drug-likeness (QED) is 0.725. The minimum absolute atomic E-state index is 0.0165. The van der Waals surface area contributed by atoms with Crippen molar-refractivity contribution in [2.75, 3.05) is 0 Å². The molecule has 0 spiro atoms. The Kier molecular flexibility index (Phi) is 4.37. The van der Waals surface area contributed by atoms with Gasteiger partial charge in [0.1, 0.15) is 5.69 Å². The molecule has 5 nitrogen and oxygen atoms in total. The second kappa shape index (κ2) is 6.26. The molecular formula is C17H14F3N3O2S. The summed E-state index contributed by atoms with van der Waals surface area (Å²) in [5, 5.41) is 10.8. The molecule has 0 bridgehead atoms. The number of hydrogen-bond acceptors (Lipinski definition) is 3. The Balaban J connectivity index is 2.04. The minimum atomic E-state index is -4.50. The van der Waals surface area contributed by atoms with Crippen LogP contribution in [0.2, 0.25) is 0 Å². The first-order valence-corrected chi connectivity index (χ1v) is 8.98. The first-order valence-electron chi connectivity index (χ1n) is 7.43. The zero-order chi connectivity index (χ0) is 19.1. The molecule has 3 N–H and O–H groups in total. The summed E-state index contributed by atoms with van der Waals surface area (Å²) < 4.78 is 61.0. The number of primary sulfonamides is 1. The van der Waals surface area contributed by atoms with Gasteiger partial charge in [-0.15, -0.1) is 0 Å². The van der Waals surface area contributed by atoms with Gasteiger partial charge in [0.15, 0.2) is 0 Å². The Hall–Kier alpha value is -2.65. The second-order valence-corrected chi connectivity index (χ2v) is 7.27. The van der Waals surface area contributed by atoms with Crippen LogP contribution in [0, 0.1) is 6.92 Å². The number of aromatic nitrogens is 2. The van der Waals surface area contributed by atoms with Gasteiger partial charge in [0.05, 0.1) is 10.6 Å². The first kappa shape index (κ1) is 18.2. The van der Waals surface area contributed by atoms with E-state index in [2.05, 4.69) is 5.10 Å². The summed E-state index contributed by atoms with van der Waals surface area (Å²) >= 11 is 0. The molecule has 9 heteroatoms. The highest BCUT2D eigenvalue weighted by Gasteiger charge is 2.33. The van der Waals surface area contributed by atoms with Crippen LogP contribution >= 0.6 is 0 Å². The molecule has 0 amide bonds. The lowest BCUT2D eigenvalue weighted by Crippen LogP contribution is -2.11. The molecule has 0 aliphatic carbocycles. The van der Waals surface area contributed by atoms with Crippen molar-refractivity contribution < 1.29 is 21.6 Å². The number of sulfonamides is 1. The van der Waals surface area contributed by atoms with Crippen molar-refractivity contribution in [1.82, 2.24) is 10.2 Å². The molecule has 1 heterocycles. The number of aromatic amines is 1. The summed E-state index contributed by atoms with van der Waals surface area (Å²) in [4.78, 5) is -0.0165. The smallest absolute Gasteiger partial charge is 0.273 e. The average molecular weight is 381 g/mol. The summed E-state index contributed by atoms with van der Waals surface area (Å²) in [5.41, 5.74) is 1.98. The van der Waals surface area contributed by atoms with Gasteiger partial charge in [-0.3, -0.25) is 5.10 Å². The van der Waals surface area contributed by atoms with Gasteiger partial charge in [-0.25, -0.2) is 13.6 Å². The number of rotatable bonds is 3. The average Bonchev–Trinajstić information content (AvgIpc) is 3.04. The van der Waals surface area contributed by atoms with Crippen molar-refractivity contribution in [2.24, 2.45) is 5.14 Å². The standard InChI is InChI=1S/C17H14F3N3O2S/c1-10-13(11-5-7-12(8-6-11)26(21,24)25)3-2-4-14(10)15-9-16(23-22-15)17(18,19)20/h2-9H,1H3,(H,22,23)(H2,21,24,25). The molecule has 0 radical (unpaired) electrons. The molecule has 0 saturated heterocycles. The summed E-state index contributed by atoms with van der Waals surface area (Å²) in [6.07, 6.45) is -4.50. The van der Waals surface area contributed by atoms with E-state index in [1.807, 2.05) is 5.10 Å². The number of H-pyrrole nitrogens is 1. The number of halogens is 3. The highest BCUT2D eigenvalue weighted by atomic mass is 32.2. The van der Waals surface area contributed by atoms with Crippen molar-refractivity contribution in [2.45, 2.75) is 18.0 Å². The summed E-state index contributed by atoms with van der Waals surface area (Å²) in [6.45, 7) is 1.76. The van der Waals surface area contributed by atoms with E-state index in [1.165, 1.54) is 12.1 Å². The molecule has 0 saturated carbocycles. The van der Waals surface area contributed by atoms with Gasteiger partial charge in [-0.1, -0.05) is 30.3 Å². The molecule has 0 aliphatic rings. The van der Waals surface area contributed by atoms with Gasteiger partial charge in [-0.2, -0.15) is 18.3 Å². The molecular weight excluding hydrogens is 367 g/mol. The minimum Gasteiger partial charge on any atom is -0.273 e. The fourth-order valence-electron chi connectivity index (χ4n) is 2.65. The molecule has 3 rings (SSSR count). The highest BCUT2D eigenvalue weighted by Crippen LogP contribution is 2.34. The van der Waals surface area contributed by atoms with Gasteiger partial charge >= 0.3 is 6.18 Å². The Bertz CT molecular complexity index is 1060.